The van der Waals surface area contributed by atoms with Crippen LogP contribution in [0.15, 0.2) is 24.4 Å². The van der Waals surface area contributed by atoms with E-state index in [1.165, 1.54) is 25.7 Å². The average Bonchev–Trinajstić information content (AvgIpc) is 2.67. The number of hydrogen-bond donors (Lipinski definition) is 1. The van der Waals surface area contributed by atoms with Gasteiger partial charge in [0.25, 0.3) is 0 Å². The van der Waals surface area contributed by atoms with E-state index in [-0.39, 0.29) is 6.03 Å². The smallest absolute Gasteiger partial charge is 0.317 e. The van der Waals surface area contributed by atoms with Gasteiger partial charge in [-0.25, -0.2) is 4.79 Å². The summed E-state index contributed by atoms with van der Waals surface area (Å²) in [5, 5.41) is 2.99. The van der Waals surface area contributed by atoms with Gasteiger partial charge in [-0.1, -0.05) is 13.0 Å². The highest BCUT2D eigenvalue weighted by Crippen LogP contribution is 2.29. The zero-order chi connectivity index (χ0) is 17.6. The van der Waals surface area contributed by atoms with Gasteiger partial charge in [-0.3, -0.25) is 4.98 Å². The van der Waals surface area contributed by atoms with Crippen molar-refractivity contribution in [3.8, 4) is 0 Å². The number of rotatable bonds is 4. The number of urea groups is 1. The molecule has 0 bridgehead atoms. The maximum atomic E-state index is 12.4. The lowest BCUT2D eigenvalue weighted by Gasteiger charge is -2.42. The molecule has 5 heteroatoms. The maximum absolute atomic E-state index is 12.4. The van der Waals surface area contributed by atoms with E-state index in [2.05, 4.69) is 22.1 Å². The Balaban J connectivity index is 1.41. The Kier molecular flexibility index (Phi) is 6.29. The van der Waals surface area contributed by atoms with Crippen LogP contribution in [-0.2, 0) is 6.54 Å². The zero-order valence-electron chi connectivity index (χ0n) is 15.7. The van der Waals surface area contributed by atoms with Crippen LogP contribution < -0.4 is 5.32 Å². The number of hydrogen-bond acceptors (Lipinski definition) is 3. The Bertz CT molecular complexity index is 534. The minimum atomic E-state index is 0.00981. The molecule has 0 radical (unpaired) electrons. The lowest BCUT2D eigenvalue weighted by atomic mass is 9.85. The third-order valence-electron chi connectivity index (χ3n) is 6.02. The average molecular weight is 345 g/mol. The molecule has 1 aromatic rings. The summed E-state index contributed by atoms with van der Waals surface area (Å²) in [5.41, 5.74) is 0.894. The molecule has 0 unspecified atom stereocenters. The summed E-state index contributed by atoms with van der Waals surface area (Å²) in [5.74, 6) is 0.905. The highest BCUT2D eigenvalue weighted by Gasteiger charge is 2.30. The number of piperidine rings is 1. The number of carbonyl (C=O) groups is 1. The second-order valence-corrected chi connectivity index (χ2v) is 7.77. The molecule has 1 aromatic heterocycles. The Labute approximate surface area is 151 Å². The molecule has 2 aliphatic rings. The van der Waals surface area contributed by atoms with Crippen molar-refractivity contribution >= 4 is 6.03 Å². The number of pyridine rings is 1. The summed E-state index contributed by atoms with van der Waals surface area (Å²) in [6.45, 7) is 5.12. The van der Waals surface area contributed by atoms with E-state index >= 15 is 0 Å². The predicted molar refractivity (Wildman–Crippen MR) is 100 cm³/mol. The van der Waals surface area contributed by atoms with Gasteiger partial charge in [0.1, 0.15) is 0 Å². The molecule has 2 amide bonds. The number of nitrogens with zero attached hydrogens (tertiary/aromatic N) is 3. The normalized spacial score (nSPS) is 25.5. The van der Waals surface area contributed by atoms with E-state index in [4.69, 9.17) is 0 Å². The van der Waals surface area contributed by atoms with E-state index in [0.717, 1.165) is 43.6 Å². The van der Waals surface area contributed by atoms with Gasteiger partial charge in [0, 0.05) is 38.4 Å². The monoisotopic (exact) mass is 344 g/mol. The van der Waals surface area contributed by atoms with Crippen molar-refractivity contribution in [2.45, 2.75) is 64.1 Å². The molecule has 1 aliphatic carbocycles. The van der Waals surface area contributed by atoms with Gasteiger partial charge in [-0.15, -0.1) is 0 Å². The van der Waals surface area contributed by atoms with E-state index in [0.29, 0.717) is 12.6 Å². The Morgan fingerprint density at radius 3 is 2.56 bits per heavy atom. The Hall–Kier alpha value is -1.62. The van der Waals surface area contributed by atoms with Crippen LogP contribution in [0.25, 0.3) is 0 Å². The van der Waals surface area contributed by atoms with Crippen LogP contribution in [0.2, 0.25) is 0 Å². The van der Waals surface area contributed by atoms with Crippen LogP contribution in [0.1, 0.15) is 51.1 Å². The molecule has 25 heavy (non-hydrogen) atoms. The first-order valence-electron chi connectivity index (χ1n) is 9.78. The van der Waals surface area contributed by atoms with Gasteiger partial charge in [0.2, 0.25) is 0 Å². The fourth-order valence-electron chi connectivity index (χ4n) is 4.21. The van der Waals surface area contributed by atoms with Crippen molar-refractivity contribution in [2.75, 3.05) is 20.1 Å². The molecule has 2 fully saturated rings. The van der Waals surface area contributed by atoms with Gasteiger partial charge < -0.3 is 15.1 Å². The quantitative estimate of drug-likeness (QED) is 0.912. The van der Waals surface area contributed by atoms with Gasteiger partial charge in [-0.2, -0.15) is 0 Å². The second-order valence-electron chi connectivity index (χ2n) is 7.77. The molecular formula is C20H32N4O. The van der Waals surface area contributed by atoms with Crippen LogP contribution in [0.4, 0.5) is 4.79 Å². The van der Waals surface area contributed by atoms with Crippen molar-refractivity contribution in [1.29, 1.82) is 0 Å². The molecule has 1 N–H and O–H groups in total. The number of nitrogens with one attached hydrogen (secondary N) is 1. The van der Waals surface area contributed by atoms with E-state index in [1.807, 2.05) is 30.1 Å². The third kappa shape index (κ3) is 4.94. The molecule has 0 aromatic carbocycles. The molecule has 138 valence electrons. The second kappa shape index (κ2) is 8.65. The molecule has 5 nitrogen and oxygen atoms in total. The number of likely N-dealkylation sites (tertiary alicyclic amines) is 1. The molecule has 1 saturated heterocycles. The summed E-state index contributed by atoms with van der Waals surface area (Å²) in [4.78, 5) is 21.2. The van der Waals surface area contributed by atoms with Crippen LogP contribution in [0.3, 0.4) is 0 Å². The van der Waals surface area contributed by atoms with Crippen molar-refractivity contribution in [3.05, 3.63) is 30.1 Å². The van der Waals surface area contributed by atoms with Gasteiger partial charge >= 0.3 is 6.03 Å². The number of aromatic nitrogens is 1. The molecule has 0 atom stereocenters. The molecule has 0 spiro atoms. The first-order valence-corrected chi connectivity index (χ1v) is 9.78. The first kappa shape index (κ1) is 18.2. The zero-order valence-corrected chi connectivity index (χ0v) is 15.7. The van der Waals surface area contributed by atoms with E-state index < -0.39 is 0 Å². The van der Waals surface area contributed by atoms with E-state index in [1.54, 1.807) is 6.20 Å². The van der Waals surface area contributed by atoms with Crippen LogP contribution >= 0.6 is 0 Å². The molecule has 3 rings (SSSR count). The lowest BCUT2D eigenvalue weighted by molar-refractivity contribution is 0.0822. The summed E-state index contributed by atoms with van der Waals surface area (Å²) in [6, 6.07) is 6.90. The summed E-state index contributed by atoms with van der Waals surface area (Å²) >= 11 is 0. The topological polar surface area (TPSA) is 48.5 Å². The molecule has 1 aliphatic heterocycles. The summed E-state index contributed by atoms with van der Waals surface area (Å²) in [7, 11) is 1.93. The van der Waals surface area contributed by atoms with Crippen LogP contribution in [0.5, 0.6) is 0 Å². The van der Waals surface area contributed by atoms with Crippen LogP contribution in [-0.4, -0.2) is 53.0 Å². The van der Waals surface area contributed by atoms with Crippen molar-refractivity contribution < 1.29 is 4.79 Å². The largest absolute Gasteiger partial charge is 0.332 e. The van der Waals surface area contributed by atoms with Crippen molar-refractivity contribution in [2.24, 2.45) is 5.92 Å². The fraction of sp³-hybridized carbons (Fsp3) is 0.700. The number of carbonyl (C=O) groups excluding carboxylic acids is 1. The first-order chi connectivity index (χ1) is 12.1. The van der Waals surface area contributed by atoms with Crippen molar-refractivity contribution in [1.82, 2.24) is 20.1 Å². The van der Waals surface area contributed by atoms with Gasteiger partial charge in [0.15, 0.2) is 0 Å². The number of amides is 2. The summed E-state index contributed by atoms with van der Waals surface area (Å²) in [6.07, 6.45) is 9.38. The van der Waals surface area contributed by atoms with Crippen molar-refractivity contribution in [3.63, 3.8) is 0 Å². The lowest BCUT2D eigenvalue weighted by Crippen LogP contribution is -2.51. The predicted octanol–water partition coefficient (Wildman–Crippen LogP) is 3.27. The minimum Gasteiger partial charge on any atom is -0.332 e. The fourth-order valence-corrected chi connectivity index (χ4v) is 4.21. The van der Waals surface area contributed by atoms with Crippen LogP contribution in [0, 0.1) is 5.92 Å². The molecule has 1 saturated carbocycles. The highest BCUT2D eigenvalue weighted by atomic mass is 16.2. The molecule has 2 heterocycles. The third-order valence-corrected chi connectivity index (χ3v) is 6.02. The standard InChI is InChI=1S/C20H32N4O/c1-16-6-8-19(9-7-16)24-13-10-18(11-14-24)23(2)20(25)22-15-17-5-3-4-12-21-17/h3-5,12,16,18-19H,6-11,13-15H2,1-2H3,(H,22,25). The highest BCUT2D eigenvalue weighted by molar-refractivity contribution is 5.74. The van der Waals surface area contributed by atoms with Gasteiger partial charge in [-0.05, 0) is 56.6 Å². The Morgan fingerprint density at radius 2 is 1.92 bits per heavy atom. The SMILES string of the molecule is CC1CCC(N2CCC(N(C)C(=O)NCc3ccccn3)CC2)CC1. The van der Waals surface area contributed by atoms with Gasteiger partial charge in [0.05, 0.1) is 12.2 Å². The summed E-state index contributed by atoms with van der Waals surface area (Å²) < 4.78 is 0. The van der Waals surface area contributed by atoms with E-state index in [9.17, 15) is 4.79 Å². The molecular weight excluding hydrogens is 312 g/mol. The minimum absolute atomic E-state index is 0.00981. The Morgan fingerprint density at radius 1 is 1.20 bits per heavy atom. The maximum Gasteiger partial charge on any atom is 0.317 e.